The van der Waals surface area contributed by atoms with Gasteiger partial charge in [-0.15, -0.1) is 0 Å². The number of urea groups is 1. The molecule has 2 heterocycles. The number of hydrogen-bond acceptors (Lipinski definition) is 4. The van der Waals surface area contributed by atoms with E-state index in [0.717, 1.165) is 52.6 Å². The maximum Gasteiger partial charge on any atom is 0.349 e. The van der Waals surface area contributed by atoms with Gasteiger partial charge in [0, 0.05) is 42.5 Å². The van der Waals surface area contributed by atoms with Crippen LogP contribution in [0, 0.1) is 12.8 Å². The number of hydrogen-bond donors (Lipinski definition) is 1. The van der Waals surface area contributed by atoms with Gasteiger partial charge in [-0.2, -0.15) is 5.10 Å². The van der Waals surface area contributed by atoms with E-state index >= 15 is 0 Å². The molecule has 7 heteroatoms. The van der Waals surface area contributed by atoms with Crippen LogP contribution in [0.5, 0.6) is 0 Å². The number of benzene rings is 5. The van der Waals surface area contributed by atoms with Crippen LogP contribution in [-0.2, 0) is 12.0 Å². The molecule has 2 aliphatic rings. The normalized spacial score (nSPS) is 15.1. The van der Waals surface area contributed by atoms with Crippen molar-refractivity contribution in [3.05, 3.63) is 179 Å². The van der Waals surface area contributed by atoms with Crippen molar-refractivity contribution in [2.45, 2.75) is 70.9 Å². The Labute approximate surface area is 325 Å². The lowest BCUT2D eigenvalue weighted by molar-refractivity contribution is 0.195. The van der Waals surface area contributed by atoms with E-state index in [1.807, 2.05) is 37.1 Å². The average molecular weight is 727 g/mol. The van der Waals surface area contributed by atoms with Crippen LogP contribution in [0.25, 0.3) is 0 Å². The molecule has 1 aromatic heterocycles. The van der Waals surface area contributed by atoms with E-state index < -0.39 is 5.54 Å². The highest BCUT2D eigenvalue weighted by Gasteiger charge is 2.40. The molecule has 1 aliphatic heterocycles. The van der Waals surface area contributed by atoms with Crippen molar-refractivity contribution in [2.75, 3.05) is 16.8 Å². The average Bonchev–Trinajstić information content (AvgIpc) is 3.65. The summed E-state index contributed by atoms with van der Waals surface area (Å²) in [6.07, 6.45) is 10.6. The maximum atomic E-state index is 14.4. The van der Waals surface area contributed by atoms with Crippen LogP contribution in [0.15, 0.2) is 151 Å². The number of aromatic nitrogens is 2. The van der Waals surface area contributed by atoms with Crippen LogP contribution in [-0.4, -0.2) is 38.9 Å². The maximum absolute atomic E-state index is 14.4. The Morgan fingerprint density at radius 2 is 1.36 bits per heavy atom. The SMILES string of the molecule is Cc1ccc2c(c1)N(c1ccc(NCCc3nccn3C(c3ccccc3)(c3ccccc3)c3ccccc3)cc1)C(=O)N(C(C)C)N=C2C1CCCCC1. The lowest BCUT2D eigenvalue weighted by Crippen LogP contribution is -2.41. The molecule has 0 spiro atoms. The Hall–Kier alpha value is -5.95. The molecule has 1 saturated carbocycles. The van der Waals surface area contributed by atoms with E-state index in [1.54, 1.807) is 5.01 Å². The van der Waals surface area contributed by atoms with E-state index in [9.17, 15) is 4.79 Å². The van der Waals surface area contributed by atoms with E-state index in [2.05, 4.69) is 144 Å². The zero-order valence-corrected chi connectivity index (χ0v) is 32.1. The van der Waals surface area contributed by atoms with Gasteiger partial charge in [-0.25, -0.2) is 14.8 Å². The van der Waals surface area contributed by atoms with Crippen LogP contribution < -0.4 is 10.2 Å². The van der Waals surface area contributed by atoms with Gasteiger partial charge in [0.05, 0.1) is 23.1 Å². The third-order valence-electron chi connectivity index (χ3n) is 11.2. The highest BCUT2D eigenvalue weighted by molar-refractivity contribution is 6.14. The molecule has 0 saturated heterocycles. The molecule has 278 valence electrons. The van der Waals surface area contributed by atoms with Gasteiger partial charge in [-0.3, -0.25) is 4.90 Å². The topological polar surface area (TPSA) is 65.8 Å². The summed E-state index contributed by atoms with van der Waals surface area (Å²) in [6, 6.07) is 46.6. The Bertz CT molecular complexity index is 2140. The summed E-state index contributed by atoms with van der Waals surface area (Å²) >= 11 is 0. The zero-order valence-electron chi connectivity index (χ0n) is 32.1. The summed E-state index contributed by atoms with van der Waals surface area (Å²) in [4.78, 5) is 21.2. The van der Waals surface area contributed by atoms with Crippen molar-refractivity contribution in [1.29, 1.82) is 0 Å². The van der Waals surface area contributed by atoms with Gasteiger partial charge in [0.25, 0.3) is 0 Å². The van der Waals surface area contributed by atoms with E-state index in [0.29, 0.717) is 18.9 Å². The number of anilines is 3. The third-order valence-corrected chi connectivity index (χ3v) is 11.2. The van der Waals surface area contributed by atoms with Crippen LogP contribution >= 0.6 is 0 Å². The van der Waals surface area contributed by atoms with Crippen molar-refractivity contribution in [2.24, 2.45) is 11.0 Å². The van der Waals surface area contributed by atoms with Gasteiger partial charge < -0.3 is 9.88 Å². The summed E-state index contributed by atoms with van der Waals surface area (Å²) in [5.74, 6) is 1.33. The van der Waals surface area contributed by atoms with Crippen molar-refractivity contribution in [1.82, 2.24) is 14.6 Å². The summed E-state index contributed by atoms with van der Waals surface area (Å²) in [7, 11) is 0. The number of carbonyl (C=O) groups is 1. The van der Waals surface area contributed by atoms with Crippen LogP contribution in [0.3, 0.4) is 0 Å². The highest BCUT2D eigenvalue weighted by Crippen LogP contribution is 2.42. The molecule has 1 aliphatic carbocycles. The number of hydrazone groups is 1. The number of imidazole rings is 1. The quantitative estimate of drug-likeness (QED) is 0.135. The number of fused-ring (bicyclic) bond motifs is 1. The number of nitrogens with one attached hydrogen (secondary N) is 1. The molecule has 2 amide bonds. The number of amides is 2. The second-order valence-corrected chi connectivity index (χ2v) is 15.1. The number of carbonyl (C=O) groups excluding carboxylic acids is 1. The molecule has 1 fully saturated rings. The first-order chi connectivity index (χ1) is 26.9. The fourth-order valence-electron chi connectivity index (χ4n) is 8.55. The molecule has 55 heavy (non-hydrogen) atoms. The lowest BCUT2D eigenvalue weighted by atomic mass is 9.76. The standard InChI is InChI=1S/C48H50N6O/c1-35(2)54-47(55)53(44-34-36(3)24-29-43(44)46(51-54)37-16-8-4-9-17-37)42-27-25-41(26-28-42)49-31-30-45-50-32-33-52(45)48(38-18-10-5-11-19-38,39-20-12-6-13-21-39)40-22-14-7-15-23-40/h5-7,10-15,18-29,32-35,37,49H,4,8-9,16-17,30-31H2,1-3H3. The minimum atomic E-state index is -0.615. The van der Waals surface area contributed by atoms with Gasteiger partial charge in [-0.05, 0) is 86.2 Å². The van der Waals surface area contributed by atoms with Gasteiger partial charge in [-0.1, -0.05) is 122 Å². The molecule has 0 atom stereocenters. The molecule has 1 N–H and O–H groups in total. The first-order valence-electron chi connectivity index (χ1n) is 19.8. The van der Waals surface area contributed by atoms with Crippen LogP contribution in [0.1, 0.15) is 79.6 Å². The molecule has 0 unspecified atom stereocenters. The molecular formula is C48H50N6O. The Balaban J connectivity index is 1.08. The third kappa shape index (κ3) is 6.95. The van der Waals surface area contributed by atoms with Gasteiger partial charge in [0.2, 0.25) is 0 Å². The predicted octanol–water partition coefficient (Wildman–Crippen LogP) is 11.0. The Kier molecular flexibility index (Phi) is 10.4. The fourth-order valence-corrected chi connectivity index (χ4v) is 8.55. The molecule has 8 rings (SSSR count). The smallest absolute Gasteiger partial charge is 0.349 e. The monoisotopic (exact) mass is 726 g/mol. The minimum Gasteiger partial charge on any atom is -0.385 e. The van der Waals surface area contributed by atoms with Crippen molar-refractivity contribution in [3.63, 3.8) is 0 Å². The second kappa shape index (κ2) is 15.8. The first kappa shape index (κ1) is 36.0. The number of aryl methyl sites for hydroxylation is 1. The largest absolute Gasteiger partial charge is 0.385 e. The van der Waals surface area contributed by atoms with Crippen LogP contribution in [0.4, 0.5) is 21.9 Å². The van der Waals surface area contributed by atoms with Crippen molar-refractivity contribution >= 4 is 28.8 Å². The van der Waals surface area contributed by atoms with Crippen molar-refractivity contribution in [3.8, 4) is 0 Å². The Morgan fingerprint density at radius 1 is 0.764 bits per heavy atom. The Morgan fingerprint density at radius 3 is 1.95 bits per heavy atom. The van der Waals surface area contributed by atoms with Gasteiger partial charge >= 0.3 is 6.03 Å². The van der Waals surface area contributed by atoms with Gasteiger partial charge in [0.1, 0.15) is 11.4 Å². The second-order valence-electron chi connectivity index (χ2n) is 15.1. The predicted molar refractivity (Wildman–Crippen MR) is 224 cm³/mol. The minimum absolute atomic E-state index is 0.0816. The lowest BCUT2D eigenvalue weighted by Gasteiger charge is -2.38. The molecule has 5 aromatic carbocycles. The molecule has 7 nitrogen and oxygen atoms in total. The number of nitrogens with zero attached hydrogens (tertiary/aromatic N) is 5. The molecule has 0 bridgehead atoms. The van der Waals surface area contributed by atoms with Crippen molar-refractivity contribution < 1.29 is 4.79 Å². The van der Waals surface area contributed by atoms with E-state index in [1.165, 1.54) is 36.0 Å². The van der Waals surface area contributed by atoms with Gasteiger partial charge in [0.15, 0.2) is 0 Å². The highest BCUT2D eigenvalue weighted by atomic mass is 16.2. The summed E-state index contributed by atoms with van der Waals surface area (Å²) in [6.45, 7) is 6.85. The fraction of sp³-hybridized carbons (Fsp3) is 0.271. The molecule has 6 aromatic rings. The van der Waals surface area contributed by atoms with E-state index in [-0.39, 0.29) is 12.1 Å². The summed E-state index contributed by atoms with van der Waals surface area (Å²) in [5, 5.41) is 10.5. The number of rotatable bonds is 11. The zero-order chi connectivity index (χ0) is 37.8. The summed E-state index contributed by atoms with van der Waals surface area (Å²) in [5.41, 5.74) is 8.82. The molecular weight excluding hydrogens is 677 g/mol. The van der Waals surface area contributed by atoms with Crippen LogP contribution in [0.2, 0.25) is 0 Å². The van der Waals surface area contributed by atoms with E-state index in [4.69, 9.17) is 10.1 Å². The summed E-state index contributed by atoms with van der Waals surface area (Å²) < 4.78 is 2.34. The molecule has 0 radical (unpaired) electrons. The first-order valence-corrected chi connectivity index (χ1v) is 19.8.